The minimum atomic E-state index is -0.709. The average molecular weight is 280 g/mol. The lowest BCUT2D eigenvalue weighted by Gasteiger charge is -2.23. The molecular weight excluding hydrogens is 268 g/mol. The van der Waals surface area contributed by atoms with Crippen LogP contribution in [0.15, 0.2) is 47.6 Å². The number of hydrogen-bond donors (Lipinski definition) is 1. The molecule has 1 saturated heterocycles. The molecule has 1 heterocycles. The number of allylic oxidation sites excluding steroid dienone is 3. The van der Waals surface area contributed by atoms with E-state index in [9.17, 15) is 14.4 Å². The number of nitrogens with one attached hydrogen (secondary N) is 1. The van der Waals surface area contributed by atoms with E-state index in [4.69, 9.17) is 0 Å². The van der Waals surface area contributed by atoms with Gasteiger partial charge in [0.25, 0.3) is 11.8 Å². The highest BCUT2D eigenvalue weighted by molar-refractivity contribution is 6.29. The molecule has 5 heteroatoms. The smallest absolute Gasteiger partial charge is 0.273 e. The highest BCUT2D eigenvalue weighted by Gasteiger charge is 2.34. The maximum atomic E-state index is 12.1. The number of amides is 4. The molecule has 1 N–H and O–H groups in total. The van der Waals surface area contributed by atoms with E-state index in [1.54, 1.807) is 12.2 Å². The molecule has 21 heavy (non-hydrogen) atoms. The van der Waals surface area contributed by atoms with E-state index in [1.165, 1.54) is 7.05 Å². The molecule has 0 radical (unpaired) electrons. The Balaban J connectivity index is 2.10. The fourth-order valence-electron chi connectivity index (χ4n) is 2.25. The van der Waals surface area contributed by atoms with Crippen molar-refractivity contribution in [1.29, 1.82) is 0 Å². The number of fused-ring (bicyclic) bond motifs is 1. The molecular formula is C16H12N2O3. The van der Waals surface area contributed by atoms with Gasteiger partial charge in [-0.25, -0.2) is 4.79 Å². The number of imide groups is 2. The van der Waals surface area contributed by atoms with E-state index in [0.717, 1.165) is 16.0 Å². The van der Waals surface area contributed by atoms with Crippen molar-refractivity contribution in [3.63, 3.8) is 0 Å². The van der Waals surface area contributed by atoms with E-state index < -0.39 is 17.8 Å². The van der Waals surface area contributed by atoms with Crippen molar-refractivity contribution in [3.8, 4) is 0 Å². The summed E-state index contributed by atoms with van der Waals surface area (Å²) in [5.41, 5.74) is 2.44. The molecule has 0 atom stereocenters. The highest BCUT2D eigenvalue weighted by Crippen LogP contribution is 2.23. The van der Waals surface area contributed by atoms with Gasteiger partial charge < -0.3 is 0 Å². The summed E-state index contributed by atoms with van der Waals surface area (Å²) in [6, 6.07) is 7.02. The van der Waals surface area contributed by atoms with E-state index in [-0.39, 0.29) is 5.57 Å². The molecule has 5 nitrogen and oxygen atoms in total. The van der Waals surface area contributed by atoms with Gasteiger partial charge >= 0.3 is 6.03 Å². The predicted molar refractivity (Wildman–Crippen MR) is 77.8 cm³/mol. The Hall–Kier alpha value is -2.95. The third-order valence-electron chi connectivity index (χ3n) is 3.44. The first-order valence-corrected chi connectivity index (χ1v) is 6.41. The van der Waals surface area contributed by atoms with Crippen LogP contribution in [-0.2, 0) is 9.59 Å². The summed E-state index contributed by atoms with van der Waals surface area (Å²) in [5.74, 6) is -1.27. The number of carbonyl (C=O) groups excluding carboxylic acids is 3. The van der Waals surface area contributed by atoms with Crippen molar-refractivity contribution < 1.29 is 14.4 Å². The molecule has 2 aliphatic rings. The summed E-state index contributed by atoms with van der Waals surface area (Å²) in [7, 11) is 1.34. The molecule has 1 aliphatic carbocycles. The molecule has 1 aromatic rings. The Morgan fingerprint density at radius 2 is 1.48 bits per heavy atom. The van der Waals surface area contributed by atoms with Gasteiger partial charge in [0.1, 0.15) is 5.57 Å². The average Bonchev–Trinajstić information content (AvgIpc) is 2.68. The Morgan fingerprint density at radius 3 is 2.05 bits per heavy atom. The monoisotopic (exact) mass is 280 g/mol. The first-order valence-electron chi connectivity index (χ1n) is 6.41. The van der Waals surface area contributed by atoms with Crippen LogP contribution >= 0.6 is 0 Å². The number of carbonyl (C=O) groups is 3. The highest BCUT2D eigenvalue weighted by atomic mass is 16.2. The van der Waals surface area contributed by atoms with Crippen LogP contribution in [0.25, 0.3) is 12.2 Å². The summed E-state index contributed by atoms with van der Waals surface area (Å²) in [4.78, 5) is 36.4. The molecule has 3 rings (SSSR count). The van der Waals surface area contributed by atoms with Crippen molar-refractivity contribution in [1.82, 2.24) is 10.2 Å². The Labute approximate surface area is 121 Å². The topological polar surface area (TPSA) is 66.5 Å². The summed E-state index contributed by atoms with van der Waals surface area (Å²) >= 11 is 0. The van der Waals surface area contributed by atoms with E-state index in [1.807, 2.05) is 36.4 Å². The Morgan fingerprint density at radius 1 is 0.905 bits per heavy atom. The van der Waals surface area contributed by atoms with Gasteiger partial charge in [-0.3, -0.25) is 19.8 Å². The molecule has 0 saturated carbocycles. The van der Waals surface area contributed by atoms with Gasteiger partial charge in [-0.1, -0.05) is 48.6 Å². The Kier molecular flexibility index (Phi) is 3.02. The minimum absolute atomic E-state index is 0.0302. The maximum absolute atomic E-state index is 12.1. The van der Waals surface area contributed by atoms with Crippen LogP contribution in [0.5, 0.6) is 0 Å². The van der Waals surface area contributed by atoms with Crippen LogP contribution in [0, 0.1) is 0 Å². The zero-order valence-electron chi connectivity index (χ0n) is 11.3. The van der Waals surface area contributed by atoms with Crippen molar-refractivity contribution >= 4 is 30.0 Å². The van der Waals surface area contributed by atoms with E-state index in [0.29, 0.717) is 5.57 Å². The SMILES string of the molecule is CN1C(=O)NC(=O)C(=C2C=Cc3ccccc3C=C2)C1=O. The number of barbiturate groups is 1. The van der Waals surface area contributed by atoms with Crippen molar-refractivity contribution in [2.75, 3.05) is 7.05 Å². The van der Waals surface area contributed by atoms with Gasteiger partial charge in [0, 0.05) is 7.05 Å². The van der Waals surface area contributed by atoms with Crippen LogP contribution in [-0.4, -0.2) is 29.8 Å². The summed E-state index contributed by atoms with van der Waals surface area (Å²) in [6.45, 7) is 0. The van der Waals surface area contributed by atoms with Gasteiger partial charge in [0.05, 0.1) is 0 Å². The summed E-state index contributed by atoms with van der Waals surface area (Å²) in [6.07, 6.45) is 7.10. The number of rotatable bonds is 0. The molecule has 1 aromatic carbocycles. The number of likely N-dealkylation sites (N-methyl/N-ethyl adjacent to an activating group) is 1. The second-order valence-electron chi connectivity index (χ2n) is 4.75. The van der Waals surface area contributed by atoms with Crippen molar-refractivity contribution in [2.45, 2.75) is 0 Å². The molecule has 0 bridgehead atoms. The molecule has 4 amide bonds. The largest absolute Gasteiger partial charge is 0.331 e. The molecule has 1 aliphatic heterocycles. The van der Waals surface area contributed by atoms with Gasteiger partial charge in [-0.15, -0.1) is 0 Å². The quantitative estimate of drug-likeness (QED) is 0.581. The number of urea groups is 1. The fourth-order valence-corrected chi connectivity index (χ4v) is 2.25. The standard InChI is InChI=1S/C16H12N2O3/c1-18-15(20)13(14(19)17-16(18)21)12-8-6-10-4-2-3-5-11(10)7-9-12/h2-9H,1H3,(H,17,19,21). The first kappa shape index (κ1) is 13.1. The van der Waals surface area contributed by atoms with Crippen molar-refractivity contribution in [3.05, 3.63) is 58.7 Å². The first-order chi connectivity index (χ1) is 10.1. The minimum Gasteiger partial charge on any atom is -0.273 e. The Bertz CT molecular complexity index is 722. The lowest BCUT2D eigenvalue weighted by atomic mass is 10.0. The van der Waals surface area contributed by atoms with Crippen LogP contribution in [0.3, 0.4) is 0 Å². The fraction of sp³-hybridized carbons (Fsp3) is 0.0625. The lowest BCUT2D eigenvalue weighted by molar-refractivity contribution is -0.129. The third kappa shape index (κ3) is 2.18. The van der Waals surface area contributed by atoms with Gasteiger partial charge in [-0.2, -0.15) is 0 Å². The molecule has 0 spiro atoms. The molecule has 104 valence electrons. The zero-order chi connectivity index (χ0) is 15.0. The van der Waals surface area contributed by atoms with Crippen LogP contribution in [0.1, 0.15) is 11.1 Å². The molecule has 0 unspecified atom stereocenters. The van der Waals surface area contributed by atoms with Gasteiger partial charge in [0.2, 0.25) is 0 Å². The number of nitrogens with zero attached hydrogens (tertiary/aromatic N) is 1. The van der Waals surface area contributed by atoms with E-state index >= 15 is 0 Å². The predicted octanol–water partition coefficient (Wildman–Crippen LogP) is 1.73. The van der Waals surface area contributed by atoms with Crippen molar-refractivity contribution in [2.24, 2.45) is 0 Å². The normalized spacial score (nSPS) is 17.8. The van der Waals surface area contributed by atoms with Crippen LogP contribution in [0.2, 0.25) is 0 Å². The number of benzene rings is 1. The summed E-state index contributed by atoms with van der Waals surface area (Å²) in [5, 5.41) is 2.15. The van der Waals surface area contributed by atoms with Crippen LogP contribution < -0.4 is 5.32 Å². The number of hydrogen-bond acceptors (Lipinski definition) is 3. The van der Waals surface area contributed by atoms with Crippen LogP contribution in [0.4, 0.5) is 4.79 Å². The second kappa shape index (κ2) is 4.86. The van der Waals surface area contributed by atoms with Gasteiger partial charge in [0.15, 0.2) is 0 Å². The lowest BCUT2D eigenvalue weighted by Crippen LogP contribution is -2.52. The zero-order valence-corrected chi connectivity index (χ0v) is 11.3. The van der Waals surface area contributed by atoms with E-state index in [2.05, 4.69) is 5.32 Å². The van der Waals surface area contributed by atoms with Gasteiger partial charge in [-0.05, 0) is 16.7 Å². The third-order valence-corrected chi connectivity index (χ3v) is 3.44. The summed E-state index contributed by atoms with van der Waals surface area (Å²) < 4.78 is 0. The molecule has 1 fully saturated rings. The second-order valence-corrected chi connectivity index (χ2v) is 4.75. The molecule has 0 aromatic heterocycles. The maximum Gasteiger partial charge on any atom is 0.331 e.